The van der Waals surface area contributed by atoms with Gasteiger partial charge in [-0.2, -0.15) is 0 Å². The van der Waals surface area contributed by atoms with Crippen molar-refractivity contribution in [2.45, 2.75) is 24.8 Å². The molecular formula is C26H24N2O3. The van der Waals surface area contributed by atoms with Crippen molar-refractivity contribution in [3.8, 4) is 0 Å². The highest BCUT2D eigenvalue weighted by Crippen LogP contribution is 2.28. The topological polar surface area (TPSA) is 82.2 Å². The fourth-order valence-electron chi connectivity index (χ4n) is 3.96. The van der Waals surface area contributed by atoms with Crippen molar-refractivity contribution in [1.29, 1.82) is 0 Å². The minimum Gasteiger partial charge on any atom is -0.480 e. The van der Waals surface area contributed by atoms with Crippen LogP contribution in [0.2, 0.25) is 0 Å². The quantitative estimate of drug-likeness (QED) is 0.398. The number of carbonyl (C=O) groups is 2. The molecule has 0 fully saturated rings. The molecule has 156 valence electrons. The van der Waals surface area contributed by atoms with Gasteiger partial charge < -0.3 is 15.4 Å². The first kappa shape index (κ1) is 20.4. The first-order valence-electron chi connectivity index (χ1n) is 10.3. The number of benzene rings is 3. The van der Waals surface area contributed by atoms with Crippen LogP contribution in [0, 0.1) is 0 Å². The number of nitrogens with one attached hydrogen (secondary N) is 2. The number of hydrogen-bond donors (Lipinski definition) is 3. The monoisotopic (exact) mass is 412 g/mol. The average molecular weight is 412 g/mol. The van der Waals surface area contributed by atoms with E-state index in [0.717, 1.165) is 27.6 Å². The van der Waals surface area contributed by atoms with Gasteiger partial charge >= 0.3 is 5.97 Å². The minimum absolute atomic E-state index is 0.148. The molecule has 5 nitrogen and oxygen atoms in total. The molecule has 31 heavy (non-hydrogen) atoms. The Morgan fingerprint density at radius 3 is 2.03 bits per heavy atom. The summed E-state index contributed by atoms with van der Waals surface area (Å²) < 4.78 is 0. The molecule has 0 aliphatic heterocycles. The summed E-state index contributed by atoms with van der Waals surface area (Å²) in [6, 6.07) is 26.3. The molecule has 0 aliphatic carbocycles. The number of H-pyrrole nitrogens is 1. The molecule has 3 aromatic carbocycles. The van der Waals surface area contributed by atoms with Crippen LogP contribution < -0.4 is 5.32 Å². The van der Waals surface area contributed by atoms with Crippen molar-refractivity contribution in [2.75, 3.05) is 0 Å². The predicted molar refractivity (Wildman–Crippen MR) is 121 cm³/mol. The van der Waals surface area contributed by atoms with Crippen LogP contribution in [0.15, 0.2) is 91.1 Å². The summed E-state index contributed by atoms with van der Waals surface area (Å²) in [6.07, 6.45) is 2.20. The van der Waals surface area contributed by atoms with Crippen molar-refractivity contribution in [1.82, 2.24) is 10.3 Å². The van der Waals surface area contributed by atoms with Gasteiger partial charge in [-0.1, -0.05) is 78.9 Å². The number of rotatable bonds is 8. The van der Waals surface area contributed by atoms with Gasteiger partial charge in [0.25, 0.3) is 0 Å². The maximum absolute atomic E-state index is 12.9. The Labute approximate surface area is 180 Å². The predicted octanol–water partition coefficient (Wildman–Crippen LogP) is 4.50. The minimum atomic E-state index is -1.05. The number of aliphatic carboxylic acids is 1. The van der Waals surface area contributed by atoms with Crippen molar-refractivity contribution in [2.24, 2.45) is 0 Å². The van der Waals surface area contributed by atoms with E-state index in [9.17, 15) is 14.7 Å². The average Bonchev–Trinajstić information content (AvgIpc) is 3.21. The Hall–Kier alpha value is -3.86. The smallest absolute Gasteiger partial charge is 0.326 e. The van der Waals surface area contributed by atoms with Gasteiger partial charge in [0.1, 0.15) is 6.04 Å². The van der Waals surface area contributed by atoms with Crippen LogP contribution in [0.4, 0.5) is 0 Å². The third-order valence-corrected chi connectivity index (χ3v) is 5.53. The molecule has 5 heteroatoms. The first-order valence-corrected chi connectivity index (χ1v) is 10.3. The van der Waals surface area contributed by atoms with Gasteiger partial charge in [-0.25, -0.2) is 4.79 Å². The van der Waals surface area contributed by atoms with Gasteiger partial charge in [0.15, 0.2) is 0 Å². The van der Waals surface area contributed by atoms with Crippen molar-refractivity contribution in [3.05, 3.63) is 108 Å². The summed E-state index contributed by atoms with van der Waals surface area (Å²) >= 11 is 0. The fourth-order valence-corrected chi connectivity index (χ4v) is 3.96. The summed E-state index contributed by atoms with van der Waals surface area (Å²) in [7, 11) is 0. The van der Waals surface area contributed by atoms with E-state index in [4.69, 9.17) is 0 Å². The van der Waals surface area contributed by atoms with E-state index in [1.165, 1.54) is 0 Å². The van der Waals surface area contributed by atoms with Gasteiger partial charge in [0, 0.05) is 35.9 Å². The van der Waals surface area contributed by atoms with Crippen LogP contribution in [0.1, 0.15) is 29.0 Å². The van der Waals surface area contributed by atoms with E-state index >= 15 is 0 Å². The molecule has 0 aliphatic rings. The van der Waals surface area contributed by atoms with E-state index < -0.39 is 12.0 Å². The maximum atomic E-state index is 12.9. The lowest BCUT2D eigenvalue weighted by Crippen LogP contribution is -2.42. The highest BCUT2D eigenvalue weighted by molar-refractivity contribution is 5.87. The Balaban J connectivity index is 1.52. The van der Waals surface area contributed by atoms with Crippen LogP contribution in [0.5, 0.6) is 0 Å². The Kier molecular flexibility index (Phi) is 6.13. The van der Waals surface area contributed by atoms with Crippen LogP contribution in [0.25, 0.3) is 10.9 Å². The molecule has 1 aromatic heterocycles. The second-order valence-corrected chi connectivity index (χ2v) is 7.60. The van der Waals surface area contributed by atoms with E-state index in [1.54, 1.807) is 0 Å². The van der Waals surface area contributed by atoms with Gasteiger partial charge in [-0.3, -0.25) is 4.79 Å². The number of fused-ring (bicyclic) bond motifs is 1. The number of aromatic nitrogens is 1. The van der Waals surface area contributed by atoms with Crippen molar-refractivity contribution in [3.63, 3.8) is 0 Å². The molecular weight excluding hydrogens is 388 g/mol. The lowest BCUT2D eigenvalue weighted by Gasteiger charge is -2.20. The summed E-state index contributed by atoms with van der Waals surface area (Å²) in [5, 5.41) is 13.4. The number of para-hydroxylation sites is 1. The standard InChI is InChI=1S/C26H24N2O3/c29-25(16-22(18-9-3-1-4-10-18)19-11-5-2-6-12-19)28-24(26(30)31)15-20-17-27-23-14-8-7-13-21(20)23/h1-14,17,22,24,27H,15-16H2,(H,28,29)(H,30,31). The van der Waals surface area contributed by atoms with Gasteiger partial charge in [0.2, 0.25) is 5.91 Å². The molecule has 4 aromatic rings. The van der Waals surface area contributed by atoms with Gasteiger partial charge in [0.05, 0.1) is 0 Å². The third-order valence-electron chi connectivity index (χ3n) is 5.53. The fraction of sp³-hybridized carbons (Fsp3) is 0.154. The molecule has 1 atom stereocenters. The zero-order valence-corrected chi connectivity index (χ0v) is 17.0. The molecule has 0 saturated heterocycles. The molecule has 0 radical (unpaired) electrons. The summed E-state index contributed by atoms with van der Waals surface area (Å²) in [5.41, 5.74) is 3.85. The molecule has 3 N–H and O–H groups in total. The normalized spacial score (nSPS) is 12.0. The largest absolute Gasteiger partial charge is 0.480 e. The molecule has 4 rings (SSSR count). The Morgan fingerprint density at radius 2 is 1.42 bits per heavy atom. The number of hydrogen-bond acceptors (Lipinski definition) is 2. The van der Waals surface area contributed by atoms with Crippen LogP contribution >= 0.6 is 0 Å². The second-order valence-electron chi connectivity index (χ2n) is 7.60. The van der Waals surface area contributed by atoms with Crippen LogP contribution in [-0.2, 0) is 16.0 Å². The molecule has 1 amide bonds. The van der Waals surface area contributed by atoms with Gasteiger partial charge in [-0.15, -0.1) is 0 Å². The van der Waals surface area contributed by atoms with E-state index in [0.29, 0.717) is 0 Å². The van der Waals surface area contributed by atoms with E-state index in [1.807, 2.05) is 91.1 Å². The summed E-state index contributed by atoms with van der Waals surface area (Å²) in [5.74, 6) is -1.48. The number of carbonyl (C=O) groups excluding carboxylic acids is 1. The van der Waals surface area contributed by atoms with E-state index in [-0.39, 0.29) is 24.7 Å². The first-order chi connectivity index (χ1) is 15.1. The van der Waals surface area contributed by atoms with Crippen LogP contribution in [0.3, 0.4) is 0 Å². The maximum Gasteiger partial charge on any atom is 0.326 e. The zero-order valence-electron chi connectivity index (χ0n) is 17.0. The lowest BCUT2D eigenvalue weighted by molar-refractivity contribution is -0.141. The lowest BCUT2D eigenvalue weighted by atomic mass is 9.88. The number of carboxylic acid groups (broad SMARTS) is 1. The Bertz CT molecular complexity index is 1130. The highest BCUT2D eigenvalue weighted by Gasteiger charge is 2.24. The molecule has 1 heterocycles. The third kappa shape index (κ3) is 4.83. The van der Waals surface area contributed by atoms with Gasteiger partial charge in [-0.05, 0) is 22.8 Å². The van der Waals surface area contributed by atoms with Crippen molar-refractivity contribution < 1.29 is 14.7 Å². The molecule has 1 unspecified atom stereocenters. The number of carboxylic acids is 1. The van der Waals surface area contributed by atoms with E-state index in [2.05, 4.69) is 10.3 Å². The zero-order chi connectivity index (χ0) is 21.6. The number of amides is 1. The number of aromatic amines is 1. The SMILES string of the molecule is O=C(CC(c1ccccc1)c1ccccc1)NC(Cc1c[nH]c2ccccc12)C(=O)O. The summed E-state index contributed by atoms with van der Waals surface area (Å²) in [6.45, 7) is 0. The highest BCUT2D eigenvalue weighted by atomic mass is 16.4. The Morgan fingerprint density at radius 1 is 0.839 bits per heavy atom. The molecule has 0 bridgehead atoms. The summed E-state index contributed by atoms with van der Waals surface area (Å²) in [4.78, 5) is 28.0. The van der Waals surface area contributed by atoms with Crippen molar-refractivity contribution >= 4 is 22.8 Å². The van der Waals surface area contributed by atoms with Crippen LogP contribution in [-0.4, -0.2) is 28.0 Å². The molecule has 0 saturated carbocycles. The molecule has 0 spiro atoms. The second kappa shape index (κ2) is 9.30.